The third-order valence-corrected chi connectivity index (χ3v) is 6.94. The van der Waals surface area contributed by atoms with Crippen LogP contribution in [0.4, 0.5) is 31.3 Å². The van der Waals surface area contributed by atoms with Gasteiger partial charge < -0.3 is 14.9 Å². The van der Waals surface area contributed by atoms with Crippen molar-refractivity contribution in [3.05, 3.63) is 35.4 Å². The summed E-state index contributed by atoms with van der Waals surface area (Å²) < 4.78 is 80.6. The van der Waals surface area contributed by atoms with Gasteiger partial charge >= 0.3 is 12.4 Å². The highest BCUT2D eigenvalue weighted by Crippen LogP contribution is 2.43. The SMILES string of the molecule is CCc1ncn(CC(=O)N2CCN(c3sc(C(F)(F)F)nc3-c3cnc(C(F)(F)F)nc3)C[C@H]2CCO)n1. The maximum absolute atomic E-state index is 13.5. The summed E-state index contributed by atoms with van der Waals surface area (Å²) in [6.07, 6.45) is -5.86. The second-order valence-electron chi connectivity index (χ2n) is 8.37. The lowest BCUT2D eigenvalue weighted by atomic mass is 10.1. The van der Waals surface area contributed by atoms with Crippen LogP contribution in [0.25, 0.3) is 11.3 Å². The zero-order chi connectivity index (χ0) is 27.7. The minimum atomic E-state index is -4.81. The molecule has 3 aromatic heterocycles. The summed E-state index contributed by atoms with van der Waals surface area (Å²) in [7, 11) is 0. The minimum Gasteiger partial charge on any atom is -0.396 e. The van der Waals surface area contributed by atoms with Crippen LogP contribution in [0.3, 0.4) is 0 Å². The number of aliphatic hydroxyl groups is 1. The average Bonchev–Trinajstić information content (AvgIpc) is 3.51. The van der Waals surface area contributed by atoms with E-state index in [1.54, 1.807) is 4.90 Å². The molecule has 0 saturated carbocycles. The molecule has 1 aliphatic heterocycles. The highest BCUT2D eigenvalue weighted by atomic mass is 32.1. The van der Waals surface area contributed by atoms with Crippen molar-refractivity contribution < 1.29 is 36.2 Å². The number of hydrogen-bond acceptors (Lipinski definition) is 9. The maximum Gasteiger partial charge on any atom is 0.451 e. The van der Waals surface area contributed by atoms with Gasteiger partial charge in [-0.1, -0.05) is 18.3 Å². The molecule has 0 radical (unpaired) electrons. The summed E-state index contributed by atoms with van der Waals surface area (Å²) in [5.74, 6) is -1.16. The molecule has 1 N–H and O–H groups in total. The number of anilines is 1. The zero-order valence-electron chi connectivity index (χ0n) is 19.9. The largest absolute Gasteiger partial charge is 0.451 e. The standard InChI is InChI=1S/C21H22F6N8O2S/c1-2-14-30-11-34(32-14)10-15(37)35-5-4-33(9-13(35)3-6-36)17-16(31-19(38-17)21(25,26)27)12-7-28-18(29-8-12)20(22,23)24/h7-8,11,13,36H,2-6,9-10H2,1H3/t13-/m1/s1. The Balaban J connectivity index is 1.60. The lowest BCUT2D eigenvalue weighted by Gasteiger charge is -2.42. The number of aliphatic hydroxyl groups excluding tert-OH is 1. The van der Waals surface area contributed by atoms with Crippen molar-refractivity contribution >= 4 is 22.2 Å². The quantitative estimate of drug-likeness (QED) is 0.436. The molecule has 1 amide bonds. The van der Waals surface area contributed by atoms with E-state index in [0.717, 1.165) is 12.4 Å². The number of aryl methyl sites for hydroxylation is 1. The lowest BCUT2D eigenvalue weighted by Crippen LogP contribution is -2.56. The van der Waals surface area contributed by atoms with Crippen molar-refractivity contribution in [2.24, 2.45) is 0 Å². The van der Waals surface area contributed by atoms with E-state index >= 15 is 0 Å². The van der Waals surface area contributed by atoms with E-state index in [-0.39, 0.29) is 61.4 Å². The molecule has 1 fully saturated rings. The predicted molar refractivity (Wildman–Crippen MR) is 122 cm³/mol. The van der Waals surface area contributed by atoms with Crippen molar-refractivity contribution in [1.29, 1.82) is 0 Å². The van der Waals surface area contributed by atoms with Crippen molar-refractivity contribution in [3.8, 4) is 11.3 Å². The van der Waals surface area contributed by atoms with Gasteiger partial charge in [0.1, 0.15) is 29.4 Å². The van der Waals surface area contributed by atoms with E-state index in [4.69, 9.17) is 0 Å². The molecule has 10 nitrogen and oxygen atoms in total. The molecule has 38 heavy (non-hydrogen) atoms. The third-order valence-electron chi connectivity index (χ3n) is 5.78. The molecule has 206 valence electrons. The lowest BCUT2D eigenvalue weighted by molar-refractivity contribution is -0.145. The number of carbonyl (C=O) groups excluding carboxylic acids is 1. The van der Waals surface area contributed by atoms with E-state index in [9.17, 15) is 36.2 Å². The second kappa shape index (κ2) is 10.8. The number of nitrogens with zero attached hydrogens (tertiary/aromatic N) is 8. The zero-order valence-corrected chi connectivity index (χ0v) is 20.7. The van der Waals surface area contributed by atoms with E-state index in [1.807, 2.05) is 6.92 Å². The number of amides is 1. The number of aromatic nitrogens is 6. The Hall–Kier alpha value is -3.34. The maximum atomic E-state index is 13.5. The minimum absolute atomic E-state index is 0.0552. The normalized spacial score (nSPS) is 16.8. The van der Waals surface area contributed by atoms with Crippen LogP contribution in [0.15, 0.2) is 18.7 Å². The Morgan fingerprint density at radius 3 is 2.39 bits per heavy atom. The number of hydrogen-bond donors (Lipinski definition) is 1. The van der Waals surface area contributed by atoms with Gasteiger partial charge in [0.05, 0.1) is 6.04 Å². The Kier molecular flexibility index (Phi) is 7.87. The van der Waals surface area contributed by atoms with Crippen LogP contribution in [0.1, 0.15) is 30.0 Å². The molecular weight excluding hydrogens is 542 g/mol. The Bertz CT molecular complexity index is 1260. The fourth-order valence-corrected chi connectivity index (χ4v) is 4.99. The van der Waals surface area contributed by atoms with Crippen molar-refractivity contribution in [1.82, 2.24) is 34.6 Å². The third kappa shape index (κ3) is 6.03. The van der Waals surface area contributed by atoms with Gasteiger partial charge in [-0.05, 0) is 6.42 Å². The van der Waals surface area contributed by atoms with Crippen LogP contribution < -0.4 is 4.90 Å². The number of halogens is 6. The summed E-state index contributed by atoms with van der Waals surface area (Å²) in [5, 5.41) is 12.6. The predicted octanol–water partition coefficient (Wildman–Crippen LogP) is 2.89. The van der Waals surface area contributed by atoms with Gasteiger partial charge in [-0.25, -0.2) is 24.6 Å². The van der Waals surface area contributed by atoms with Crippen LogP contribution in [-0.4, -0.2) is 77.9 Å². The second-order valence-corrected chi connectivity index (χ2v) is 9.35. The van der Waals surface area contributed by atoms with Gasteiger partial charge in [0.15, 0.2) is 0 Å². The first-order valence-corrected chi connectivity index (χ1v) is 12.2. The number of thiazole rings is 1. The Labute approximate surface area is 216 Å². The summed E-state index contributed by atoms with van der Waals surface area (Å²) >= 11 is 0.339. The van der Waals surface area contributed by atoms with Crippen LogP contribution >= 0.6 is 11.3 Å². The van der Waals surface area contributed by atoms with Gasteiger partial charge in [-0.3, -0.25) is 4.79 Å². The first-order valence-electron chi connectivity index (χ1n) is 11.4. The smallest absolute Gasteiger partial charge is 0.396 e. The summed E-state index contributed by atoms with van der Waals surface area (Å²) in [6, 6.07) is -0.552. The molecule has 4 heterocycles. The highest BCUT2D eigenvalue weighted by molar-refractivity contribution is 7.16. The van der Waals surface area contributed by atoms with Crippen LogP contribution in [0.2, 0.25) is 0 Å². The van der Waals surface area contributed by atoms with Crippen LogP contribution in [0.5, 0.6) is 0 Å². The van der Waals surface area contributed by atoms with E-state index in [2.05, 4.69) is 25.0 Å². The molecule has 1 aliphatic rings. The van der Waals surface area contributed by atoms with Crippen LogP contribution in [0, 0.1) is 0 Å². The Morgan fingerprint density at radius 1 is 1.11 bits per heavy atom. The highest BCUT2D eigenvalue weighted by Gasteiger charge is 2.39. The number of carbonyl (C=O) groups is 1. The molecule has 0 spiro atoms. The number of rotatable bonds is 7. The molecule has 0 aromatic carbocycles. The molecule has 1 atom stereocenters. The number of alkyl halides is 6. The molecular formula is C21H22F6N8O2S. The molecule has 3 aromatic rings. The fourth-order valence-electron chi connectivity index (χ4n) is 4.00. The molecule has 0 unspecified atom stereocenters. The Morgan fingerprint density at radius 2 is 1.82 bits per heavy atom. The summed E-state index contributed by atoms with van der Waals surface area (Å²) in [4.78, 5) is 30.3. The van der Waals surface area contributed by atoms with E-state index in [0.29, 0.717) is 23.6 Å². The first-order chi connectivity index (χ1) is 17.9. The molecule has 17 heteroatoms. The van der Waals surface area contributed by atoms with Gasteiger partial charge in [0.2, 0.25) is 16.7 Å². The first kappa shape index (κ1) is 27.7. The average molecular weight is 565 g/mol. The van der Waals surface area contributed by atoms with Gasteiger partial charge in [0.25, 0.3) is 0 Å². The van der Waals surface area contributed by atoms with Crippen LogP contribution in [-0.2, 0) is 30.1 Å². The molecule has 0 bridgehead atoms. The topological polar surface area (TPSA) is 113 Å². The van der Waals surface area contributed by atoms with E-state index in [1.165, 1.54) is 15.9 Å². The van der Waals surface area contributed by atoms with Gasteiger partial charge in [-0.15, -0.1) is 0 Å². The van der Waals surface area contributed by atoms with Crippen molar-refractivity contribution in [2.75, 3.05) is 31.1 Å². The van der Waals surface area contributed by atoms with Gasteiger partial charge in [0, 0.05) is 50.6 Å². The molecule has 0 aliphatic carbocycles. The molecule has 4 rings (SSSR count). The number of piperazine rings is 1. The fraction of sp³-hybridized carbons (Fsp3) is 0.524. The summed E-state index contributed by atoms with van der Waals surface area (Å²) in [5.41, 5.74) is -0.330. The molecule has 1 saturated heterocycles. The van der Waals surface area contributed by atoms with Crippen molar-refractivity contribution in [2.45, 2.75) is 44.7 Å². The van der Waals surface area contributed by atoms with Crippen molar-refractivity contribution in [3.63, 3.8) is 0 Å². The monoisotopic (exact) mass is 564 g/mol. The summed E-state index contributed by atoms with van der Waals surface area (Å²) in [6.45, 7) is 1.81. The van der Waals surface area contributed by atoms with E-state index < -0.39 is 29.2 Å². The van der Waals surface area contributed by atoms with Gasteiger partial charge in [-0.2, -0.15) is 31.4 Å².